The maximum atomic E-state index is 11.3. The highest BCUT2D eigenvalue weighted by Crippen LogP contribution is 2.26. The van der Waals surface area contributed by atoms with Gasteiger partial charge < -0.3 is 4.90 Å². The molecule has 1 fully saturated rings. The molecule has 2 rings (SSSR count). The van der Waals surface area contributed by atoms with E-state index in [1.807, 2.05) is 4.90 Å². The van der Waals surface area contributed by atoms with Crippen LogP contribution in [0, 0.1) is 0 Å². The molecular weight excluding hydrogens is 190 g/mol. The predicted octanol–water partition coefficient (Wildman–Crippen LogP) is 0.0233. The van der Waals surface area contributed by atoms with E-state index in [0.717, 1.165) is 19.5 Å². The van der Waals surface area contributed by atoms with Crippen molar-refractivity contribution >= 4 is 15.5 Å². The third-order valence-electron chi connectivity index (χ3n) is 2.15. The molecule has 6 heteroatoms. The van der Waals surface area contributed by atoms with Crippen LogP contribution in [0.25, 0.3) is 0 Å². The van der Waals surface area contributed by atoms with Crippen LogP contribution in [-0.4, -0.2) is 38.0 Å². The average Bonchev–Trinajstić information content (AvgIpc) is 2.29. The van der Waals surface area contributed by atoms with E-state index in [9.17, 15) is 8.42 Å². The maximum absolute atomic E-state index is 11.3. The van der Waals surface area contributed by atoms with Crippen molar-refractivity contribution in [3.05, 3.63) is 6.20 Å². The van der Waals surface area contributed by atoms with Crippen LogP contribution >= 0.6 is 0 Å². The van der Waals surface area contributed by atoms with Crippen LogP contribution in [0.2, 0.25) is 0 Å². The lowest BCUT2D eigenvalue weighted by Crippen LogP contribution is -2.37. The molecule has 72 valence electrons. The summed E-state index contributed by atoms with van der Waals surface area (Å²) in [6.45, 7) is 1.84. The van der Waals surface area contributed by atoms with E-state index >= 15 is 0 Å². The summed E-state index contributed by atoms with van der Waals surface area (Å²) in [5.41, 5.74) is 0.703. The Labute approximate surface area is 76.7 Å². The first kappa shape index (κ1) is 8.55. The van der Waals surface area contributed by atoms with E-state index < -0.39 is 9.84 Å². The molecule has 0 unspecified atom stereocenters. The Hall–Kier alpha value is -1.04. The number of H-pyrrole nitrogens is 1. The Morgan fingerprint density at radius 3 is 2.69 bits per heavy atom. The van der Waals surface area contributed by atoms with E-state index in [2.05, 4.69) is 10.2 Å². The average molecular weight is 201 g/mol. The van der Waals surface area contributed by atoms with Gasteiger partial charge in [-0.2, -0.15) is 5.10 Å². The van der Waals surface area contributed by atoms with Gasteiger partial charge in [-0.15, -0.1) is 0 Å². The SMILES string of the molecule is CS(=O)(=O)c1[nH]ncc1N1CCC1. The lowest BCUT2D eigenvalue weighted by molar-refractivity contribution is 0.589. The molecule has 0 saturated carbocycles. The molecule has 0 bridgehead atoms. The number of rotatable bonds is 2. The first-order valence-corrected chi connectivity index (χ1v) is 5.96. The molecular formula is C7H11N3O2S. The summed E-state index contributed by atoms with van der Waals surface area (Å²) < 4.78 is 22.5. The van der Waals surface area contributed by atoms with Crippen molar-refractivity contribution in [2.45, 2.75) is 11.4 Å². The van der Waals surface area contributed by atoms with Crippen LogP contribution in [-0.2, 0) is 9.84 Å². The van der Waals surface area contributed by atoms with Gasteiger partial charge in [0.1, 0.15) is 0 Å². The summed E-state index contributed by atoms with van der Waals surface area (Å²) in [6, 6.07) is 0. The molecule has 13 heavy (non-hydrogen) atoms. The number of aromatic nitrogens is 2. The normalized spacial score (nSPS) is 17.2. The molecule has 1 N–H and O–H groups in total. The maximum Gasteiger partial charge on any atom is 0.194 e. The van der Waals surface area contributed by atoms with Crippen molar-refractivity contribution in [2.75, 3.05) is 24.2 Å². The monoisotopic (exact) mass is 201 g/mol. The summed E-state index contributed by atoms with van der Waals surface area (Å²) in [6.07, 6.45) is 3.87. The third kappa shape index (κ3) is 1.41. The highest BCUT2D eigenvalue weighted by atomic mass is 32.2. The van der Waals surface area contributed by atoms with Crippen LogP contribution in [0.5, 0.6) is 0 Å². The minimum absolute atomic E-state index is 0.229. The second-order valence-electron chi connectivity index (χ2n) is 3.20. The number of aromatic amines is 1. The van der Waals surface area contributed by atoms with Crippen LogP contribution < -0.4 is 4.90 Å². The molecule has 1 aromatic rings. The van der Waals surface area contributed by atoms with Gasteiger partial charge in [0, 0.05) is 19.3 Å². The Kier molecular flexibility index (Phi) is 1.80. The van der Waals surface area contributed by atoms with Gasteiger partial charge in [0.2, 0.25) is 0 Å². The highest BCUT2D eigenvalue weighted by molar-refractivity contribution is 7.90. The third-order valence-corrected chi connectivity index (χ3v) is 3.20. The lowest BCUT2D eigenvalue weighted by atomic mass is 10.2. The standard InChI is InChI=1S/C7H11N3O2S/c1-13(11,12)7-6(5-8-9-7)10-3-2-4-10/h5H,2-4H2,1H3,(H,8,9). The quantitative estimate of drug-likeness (QED) is 0.732. The molecule has 2 heterocycles. The molecule has 0 aromatic carbocycles. The van der Waals surface area contributed by atoms with E-state index in [-0.39, 0.29) is 5.03 Å². The van der Waals surface area contributed by atoms with Gasteiger partial charge in [-0.05, 0) is 6.42 Å². The van der Waals surface area contributed by atoms with Crippen LogP contribution in [0.4, 0.5) is 5.69 Å². The molecule has 5 nitrogen and oxygen atoms in total. The van der Waals surface area contributed by atoms with Crippen LogP contribution in [0.1, 0.15) is 6.42 Å². The second-order valence-corrected chi connectivity index (χ2v) is 5.15. The summed E-state index contributed by atoms with van der Waals surface area (Å²) in [7, 11) is -3.17. The molecule has 0 spiro atoms. The van der Waals surface area contributed by atoms with E-state index in [0.29, 0.717) is 5.69 Å². The molecule has 0 amide bonds. The summed E-state index contributed by atoms with van der Waals surface area (Å²) in [5, 5.41) is 6.49. The van der Waals surface area contributed by atoms with Gasteiger partial charge in [-0.1, -0.05) is 0 Å². The van der Waals surface area contributed by atoms with E-state index in [1.54, 1.807) is 6.20 Å². The molecule has 1 aromatic heterocycles. The Morgan fingerprint density at radius 1 is 1.54 bits per heavy atom. The minimum Gasteiger partial charge on any atom is -0.368 e. The Bertz CT molecular complexity index is 405. The Balaban J connectivity index is 2.41. The zero-order valence-corrected chi connectivity index (χ0v) is 8.13. The van der Waals surface area contributed by atoms with E-state index in [1.165, 1.54) is 6.26 Å². The lowest BCUT2D eigenvalue weighted by Gasteiger charge is -2.32. The van der Waals surface area contributed by atoms with Gasteiger partial charge in [-0.25, -0.2) is 8.42 Å². The smallest absolute Gasteiger partial charge is 0.194 e. The fourth-order valence-corrected chi connectivity index (χ4v) is 2.10. The number of anilines is 1. The van der Waals surface area contributed by atoms with Gasteiger partial charge in [0.05, 0.1) is 11.9 Å². The molecule has 1 saturated heterocycles. The van der Waals surface area contributed by atoms with Gasteiger partial charge in [0.15, 0.2) is 14.9 Å². The topological polar surface area (TPSA) is 66.1 Å². The summed E-state index contributed by atoms with van der Waals surface area (Å²) in [5.74, 6) is 0. The number of nitrogens with one attached hydrogen (secondary N) is 1. The summed E-state index contributed by atoms with van der Waals surface area (Å²) >= 11 is 0. The largest absolute Gasteiger partial charge is 0.368 e. The van der Waals surface area contributed by atoms with Crippen LogP contribution in [0.15, 0.2) is 11.2 Å². The molecule has 0 atom stereocenters. The van der Waals surface area contributed by atoms with E-state index in [4.69, 9.17) is 0 Å². The first-order chi connectivity index (χ1) is 6.09. The van der Waals surface area contributed by atoms with Crippen molar-refractivity contribution in [1.29, 1.82) is 0 Å². The van der Waals surface area contributed by atoms with Crippen molar-refractivity contribution in [3.63, 3.8) is 0 Å². The van der Waals surface area contributed by atoms with Crippen molar-refractivity contribution in [3.8, 4) is 0 Å². The van der Waals surface area contributed by atoms with Gasteiger partial charge in [-0.3, -0.25) is 5.10 Å². The molecule has 0 radical (unpaired) electrons. The predicted molar refractivity (Wildman–Crippen MR) is 48.5 cm³/mol. The first-order valence-electron chi connectivity index (χ1n) is 4.07. The minimum atomic E-state index is -3.17. The highest BCUT2D eigenvalue weighted by Gasteiger charge is 2.23. The van der Waals surface area contributed by atoms with Gasteiger partial charge in [0.25, 0.3) is 0 Å². The second kappa shape index (κ2) is 2.73. The van der Waals surface area contributed by atoms with Gasteiger partial charge >= 0.3 is 0 Å². The number of hydrogen-bond acceptors (Lipinski definition) is 4. The van der Waals surface area contributed by atoms with Crippen molar-refractivity contribution < 1.29 is 8.42 Å². The van der Waals surface area contributed by atoms with Crippen molar-refractivity contribution in [1.82, 2.24) is 10.2 Å². The zero-order valence-electron chi connectivity index (χ0n) is 7.32. The fourth-order valence-electron chi connectivity index (χ4n) is 1.32. The molecule has 1 aliphatic rings. The molecule has 0 aliphatic carbocycles. The number of sulfone groups is 1. The molecule has 1 aliphatic heterocycles. The van der Waals surface area contributed by atoms with Crippen molar-refractivity contribution in [2.24, 2.45) is 0 Å². The zero-order chi connectivity index (χ0) is 9.47. The summed E-state index contributed by atoms with van der Waals surface area (Å²) in [4.78, 5) is 2.00. The fraction of sp³-hybridized carbons (Fsp3) is 0.571. The van der Waals surface area contributed by atoms with Crippen LogP contribution in [0.3, 0.4) is 0 Å². The number of nitrogens with zero attached hydrogens (tertiary/aromatic N) is 2. The Morgan fingerprint density at radius 2 is 2.23 bits per heavy atom. The number of hydrogen-bond donors (Lipinski definition) is 1.